The Morgan fingerprint density at radius 2 is 0.948 bits per heavy atom. The highest BCUT2D eigenvalue weighted by atomic mass is 16.5. The Labute approximate surface area is 342 Å². The van der Waals surface area contributed by atoms with Gasteiger partial charge in [0.05, 0.1) is 33.4 Å². The van der Waals surface area contributed by atoms with E-state index in [1.165, 1.54) is 58.4 Å². The molecule has 4 aliphatic heterocycles. The highest BCUT2D eigenvalue weighted by Gasteiger charge is 2.54. The summed E-state index contributed by atoms with van der Waals surface area (Å²) in [4.78, 5) is 83.7. The fraction of sp³-hybridized carbons (Fsp3) is 0.565. The summed E-state index contributed by atoms with van der Waals surface area (Å²) in [5.74, 6) is -2.82. The molecule has 4 aliphatic rings. The molecule has 2 saturated heterocycles. The Balaban J connectivity index is 1.04. The van der Waals surface area contributed by atoms with Crippen molar-refractivity contribution < 1.29 is 38.2 Å². The van der Waals surface area contributed by atoms with Crippen molar-refractivity contribution in [1.82, 2.24) is 20.4 Å². The molecule has 2 N–H and O–H groups in total. The van der Waals surface area contributed by atoms with Crippen molar-refractivity contribution in [2.75, 3.05) is 13.2 Å². The summed E-state index contributed by atoms with van der Waals surface area (Å²) in [6.07, 6.45) is 7.68. The van der Waals surface area contributed by atoms with Gasteiger partial charge in [-0.1, -0.05) is 41.5 Å². The van der Waals surface area contributed by atoms with Gasteiger partial charge in [0.15, 0.2) is 0 Å². The highest BCUT2D eigenvalue weighted by Crippen LogP contribution is 2.44. The number of nitrogens with zero attached hydrogens (tertiary/aromatic N) is 2. The number of nitrogens with one attached hydrogen (secondary N) is 2. The summed E-state index contributed by atoms with van der Waals surface area (Å²) >= 11 is 0. The summed E-state index contributed by atoms with van der Waals surface area (Å²) in [6.45, 7) is 20.9. The third-order valence-corrected chi connectivity index (χ3v) is 14.4. The van der Waals surface area contributed by atoms with E-state index in [1.54, 1.807) is 0 Å². The summed E-state index contributed by atoms with van der Waals surface area (Å²) in [5, 5.41) is 7.59. The maximum absolute atomic E-state index is 13.8. The zero-order valence-corrected chi connectivity index (χ0v) is 35.7. The van der Waals surface area contributed by atoms with Crippen LogP contribution >= 0.6 is 0 Å². The van der Waals surface area contributed by atoms with Crippen molar-refractivity contribution in [3.05, 3.63) is 81.9 Å². The number of rotatable bonds is 12. The van der Waals surface area contributed by atoms with Crippen molar-refractivity contribution in [2.24, 2.45) is 11.8 Å². The van der Waals surface area contributed by atoms with Crippen LogP contribution in [0, 0.1) is 11.8 Å². The van der Waals surface area contributed by atoms with Crippen molar-refractivity contribution in [3.63, 3.8) is 0 Å². The normalized spacial score (nSPS) is 32.2. The van der Waals surface area contributed by atoms with E-state index >= 15 is 0 Å². The first-order valence-electron chi connectivity index (χ1n) is 20.9. The van der Waals surface area contributed by atoms with Crippen molar-refractivity contribution in [1.29, 1.82) is 0 Å². The molecule has 12 heteroatoms. The molecule has 312 valence electrons. The van der Waals surface area contributed by atoms with E-state index in [9.17, 15) is 28.8 Å². The Hall–Kier alpha value is -4.68. The minimum atomic E-state index is -0.667. The predicted molar refractivity (Wildman–Crippen MR) is 220 cm³/mol. The SMILES string of the molecule is CCC1(C)CC(N2C(=O)c3ccc(C(=O)OC/C=C/COC(=O)c4ccc5c(c4)C(=O)N(C4CC(C)(CC)NC(C)(CC)C4C)C5=O)cc3C2=O)C(C)C(C)(CC)N1. The van der Waals surface area contributed by atoms with E-state index in [-0.39, 0.29) is 104 Å². The van der Waals surface area contributed by atoms with Gasteiger partial charge in [-0.15, -0.1) is 0 Å². The van der Waals surface area contributed by atoms with Crippen molar-refractivity contribution in [3.8, 4) is 0 Å². The molecule has 0 aliphatic carbocycles. The van der Waals surface area contributed by atoms with Gasteiger partial charge < -0.3 is 20.1 Å². The maximum Gasteiger partial charge on any atom is 0.338 e. The molecular formula is C46H60N4O8. The first kappa shape index (κ1) is 42.9. The van der Waals surface area contributed by atoms with Crippen molar-refractivity contribution >= 4 is 35.6 Å². The molecule has 0 aromatic heterocycles. The van der Waals surface area contributed by atoms with Gasteiger partial charge in [0, 0.05) is 34.2 Å². The summed E-state index contributed by atoms with van der Waals surface area (Å²) in [7, 11) is 0. The van der Waals surface area contributed by atoms with Crippen LogP contribution < -0.4 is 10.6 Å². The number of hydrogen-bond acceptors (Lipinski definition) is 10. The van der Waals surface area contributed by atoms with Gasteiger partial charge in [-0.2, -0.15) is 0 Å². The third-order valence-electron chi connectivity index (χ3n) is 14.4. The number of imide groups is 2. The average Bonchev–Trinajstić information content (AvgIpc) is 3.61. The van der Waals surface area contributed by atoms with Gasteiger partial charge in [0.1, 0.15) is 13.2 Å². The van der Waals surface area contributed by atoms with Gasteiger partial charge in [0.25, 0.3) is 23.6 Å². The topological polar surface area (TPSA) is 151 Å². The second-order valence-corrected chi connectivity index (χ2v) is 17.9. The van der Waals surface area contributed by atoms with Crippen LogP contribution in [0.1, 0.15) is 170 Å². The molecule has 4 amide bonds. The lowest BCUT2D eigenvalue weighted by Crippen LogP contribution is -2.69. The van der Waals surface area contributed by atoms with Crippen LogP contribution in [-0.2, 0) is 9.47 Å². The Morgan fingerprint density at radius 1 is 0.603 bits per heavy atom. The molecule has 2 fully saturated rings. The van der Waals surface area contributed by atoms with Gasteiger partial charge >= 0.3 is 11.9 Å². The van der Waals surface area contributed by atoms with E-state index in [1.807, 2.05) is 0 Å². The number of carbonyl (C=O) groups excluding carboxylic acids is 6. The lowest BCUT2D eigenvalue weighted by Gasteiger charge is -2.55. The Bertz CT molecular complexity index is 1920. The van der Waals surface area contributed by atoms with Gasteiger partial charge in [-0.3, -0.25) is 29.0 Å². The number of piperidine rings is 2. The van der Waals surface area contributed by atoms with Gasteiger partial charge in [-0.05, 0) is 127 Å². The summed E-state index contributed by atoms with van der Waals surface area (Å²) < 4.78 is 10.8. The monoisotopic (exact) mass is 796 g/mol. The number of esters is 2. The minimum Gasteiger partial charge on any atom is -0.458 e. The number of amides is 4. The zero-order valence-electron chi connectivity index (χ0n) is 35.7. The number of fused-ring (bicyclic) bond motifs is 2. The smallest absolute Gasteiger partial charge is 0.338 e. The molecule has 8 atom stereocenters. The largest absolute Gasteiger partial charge is 0.458 e. The molecule has 58 heavy (non-hydrogen) atoms. The maximum atomic E-state index is 13.8. The minimum absolute atomic E-state index is 0.00718. The first-order valence-corrected chi connectivity index (χ1v) is 20.9. The van der Waals surface area contributed by atoms with Crippen LogP contribution in [0.15, 0.2) is 48.6 Å². The lowest BCUT2D eigenvalue weighted by molar-refractivity contribution is 0.00642. The molecular weight excluding hydrogens is 737 g/mol. The van der Waals surface area contributed by atoms with Crippen LogP contribution in [0.4, 0.5) is 0 Å². The second-order valence-electron chi connectivity index (χ2n) is 17.9. The standard InChI is InChI=1S/C46H60N4O8/c1-11-43(7)25-35(27(5)45(9,13-3)47-43)49-37(51)31-19-17-29(23-33(31)39(49)53)41(55)57-21-15-16-22-58-42(56)30-18-20-32-34(24-30)40(54)50(38(32)52)36-26-44(8,12-2)48-46(10,14-4)28(36)6/h15-20,23-24,27-28,35-36,47-48H,11-14,21-22,25-26H2,1-10H3/b16-15+. The van der Waals surface area contributed by atoms with Crippen LogP contribution in [-0.4, -0.2) is 92.8 Å². The fourth-order valence-electron chi connectivity index (χ4n) is 9.68. The number of carbonyl (C=O) groups is 6. The molecule has 6 rings (SSSR count). The average molecular weight is 797 g/mol. The van der Waals surface area contributed by atoms with Crippen LogP contribution in [0.2, 0.25) is 0 Å². The van der Waals surface area contributed by atoms with E-state index in [2.05, 4.69) is 79.9 Å². The molecule has 12 nitrogen and oxygen atoms in total. The molecule has 8 unspecified atom stereocenters. The van der Waals surface area contributed by atoms with Crippen molar-refractivity contribution in [2.45, 2.75) is 142 Å². The van der Waals surface area contributed by atoms with Crippen LogP contribution in [0.3, 0.4) is 0 Å². The second kappa shape index (κ2) is 15.8. The third kappa shape index (κ3) is 7.42. The first-order chi connectivity index (χ1) is 27.3. The van der Waals surface area contributed by atoms with E-state index in [0.717, 1.165) is 25.7 Å². The van der Waals surface area contributed by atoms with E-state index in [4.69, 9.17) is 9.47 Å². The Morgan fingerprint density at radius 3 is 1.28 bits per heavy atom. The highest BCUT2D eigenvalue weighted by molar-refractivity contribution is 6.23. The molecule has 2 aromatic carbocycles. The predicted octanol–water partition coefficient (Wildman–Crippen LogP) is 7.12. The lowest BCUT2D eigenvalue weighted by atomic mass is 9.68. The number of hydrogen-bond donors (Lipinski definition) is 2. The molecule has 2 aromatic rings. The zero-order chi connectivity index (χ0) is 42.5. The molecule has 0 saturated carbocycles. The number of ether oxygens (including phenoxy) is 2. The molecule has 0 radical (unpaired) electrons. The van der Waals surface area contributed by atoms with Crippen LogP contribution in [0.5, 0.6) is 0 Å². The quantitative estimate of drug-likeness (QED) is 0.129. The summed E-state index contributed by atoms with van der Waals surface area (Å²) in [6, 6.07) is 8.27. The molecule has 4 heterocycles. The van der Waals surface area contributed by atoms with E-state index in [0.29, 0.717) is 12.8 Å². The Kier molecular flexibility index (Phi) is 11.7. The van der Waals surface area contributed by atoms with Crippen LogP contribution in [0.25, 0.3) is 0 Å². The molecule has 0 bridgehead atoms. The molecule has 0 spiro atoms. The van der Waals surface area contributed by atoms with Gasteiger partial charge in [-0.25, -0.2) is 9.59 Å². The summed E-state index contributed by atoms with van der Waals surface area (Å²) in [5.41, 5.74) is 0.198. The van der Waals surface area contributed by atoms with E-state index < -0.39 is 23.8 Å². The fourth-order valence-corrected chi connectivity index (χ4v) is 9.68. The number of benzene rings is 2. The van der Waals surface area contributed by atoms with Gasteiger partial charge in [0.2, 0.25) is 0 Å².